The second-order valence-electron chi connectivity index (χ2n) is 5.78. The fraction of sp³-hybridized carbons (Fsp3) is 0.316. The highest BCUT2D eigenvalue weighted by Crippen LogP contribution is 2.27. The molecule has 25 heavy (non-hydrogen) atoms. The molecule has 2 aromatic heterocycles. The van der Waals surface area contributed by atoms with E-state index in [0.29, 0.717) is 5.75 Å². The molecule has 0 aliphatic rings. The van der Waals surface area contributed by atoms with Crippen LogP contribution in [0.15, 0.2) is 52.2 Å². The van der Waals surface area contributed by atoms with Gasteiger partial charge in [0.05, 0.1) is 17.6 Å². The number of aromatic nitrogens is 3. The first-order valence-corrected chi connectivity index (χ1v) is 9.38. The molecule has 0 unspecified atom stereocenters. The van der Waals surface area contributed by atoms with Gasteiger partial charge in [-0.25, -0.2) is 0 Å². The number of hydrogen-bond acceptors (Lipinski definition) is 5. The highest BCUT2D eigenvalue weighted by atomic mass is 32.2. The molecule has 2 heterocycles. The largest absolute Gasteiger partial charge is 0.469 e. The van der Waals surface area contributed by atoms with E-state index in [1.54, 1.807) is 6.26 Å². The molecular formula is C19H21N3O2S. The summed E-state index contributed by atoms with van der Waals surface area (Å²) in [5.41, 5.74) is 1.67. The Kier molecular flexibility index (Phi) is 5.71. The fourth-order valence-electron chi connectivity index (χ4n) is 2.57. The maximum absolute atomic E-state index is 12.3. The molecule has 0 atom stereocenters. The molecule has 0 bridgehead atoms. The minimum atomic E-state index is 0.0942. The molecule has 5 nitrogen and oxygen atoms in total. The van der Waals surface area contributed by atoms with Crippen LogP contribution >= 0.6 is 11.8 Å². The maximum atomic E-state index is 12.3. The molecule has 0 saturated heterocycles. The Morgan fingerprint density at radius 1 is 1.20 bits per heavy atom. The zero-order valence-corrected chi connectivity index (χ0v) is 15.3. The number of rotatable bonds is 8. The summed E-state index contributed by atoms with van der Waals surface area (Å²) in [7, 11) is 0. The van der Waals surface area contributed by atoms with Gasteiger partial charge in [0, 0.05) is 12.1 Å². The third-order valence-corrected chi connectivity index (χ3v) is 4.95. The van der Waals surface area contributed by atoms with E-state index in [0.717, 1.165) is 47.3 Å². The first-order valence-electron chi connectivity index (χ1n) is 8.39. The Hall–Kier alpha value is -2.34. The summed E-state index contributed by atoms with van der Waals surface area (Å²) >= 11 is 1.43. The van der Waals surface area contributed by atoms with Crippen molar-refractivity contribution in [2.75, 3.05) is 5.75 Å². The Bertz CT molecular complexity index is 839. The van der Waals surface area contributed by atoms with Gasteiger partial charge in [-0.05, 0) is 19.4 Å². The van der Waals surface area contributed by atoms with Crippen LogP contribution in [0.25, 0.3) is 11.4 Å². The van der Waals surface area contributed by atoms with Crippen molar-refractivity contribution in [1.82, 2.24) is 14.8 Å². The topological polar surface area (TPSA) is 60.9 Å². The quantitative estimate of drug-likeness (QED) is 0.436. The normalized spacial score (nSPS) is 11.0. The van der Waals surface area contributed by atoms with Crippen LogP contribution in [0, 0.1) is 6.92 Å². The van der Waals surface area contributed by atoms with Gasteiger partial charge in [-0.15, -0.1) is 10.2 Å². The standard InChI is InChI=1S/C19H21N3O2S/c1-3-4-11-22-18(16-10-12-24-14(16)2)20-21-19(22)25-13-17(23)15-8-6-5-7-9-15/h5-10,12H,3-4,11,13H2,1-2H3. The molecule has 0 amide bonds. The van der Waals surface area contributed by atoms with Gasteiger partial charge in [0.15, 0.2) is 16.8 Å². The predicted molar refractivity (Wildman–Crippen MR) is 98.9 cm³/mol. The zero-order valence-electron chi connectivity index (χ0n) is 14.4. The molecule has 0 aliphatic carbocycles. The van der Waals surface area contributed by atoms with Crippen LogP contribution in [0.1, 0.15) is 35.9 Å². The number of carbonyl (C=O) groups excluding carboxylic acids is 1. The van der Waals surface area contributed by atoms with Crippen molar-refractivity contribution in [2.45, 2.75) is 38.4 Å². The number of furan rings is 1. The summed E-state index contributed by atoms with van der Waals surface area (Å²) in [5.74, 6) is 2.06. The van der Waals surface area contributed by atoms with Crippen molar-refractivity contribution < 1.29 is 9.21 Å². The van der Waals surface area contributed by atoms with Crippen molar-refractivity contribution >= 4 is 17.5 Å². The Morgan fingerprint density at radius 3 is 2.68 bits per heavy atom. The Morgan fingerprint density at radius 2 is 2.00 bits per heavy atom. The van der Waals surface area contributed by atoms with Crippen molar-refractivity contribution in [1.29, 1.82) is 0 Å². The van der Waals surface area contributed by atoms with Crippen LogP contribution in [0.3, 0.4) is 0 Å². The van der Waals surface area contributed by atoms with Crippen molar-refractivity contribution in [3.05, 3.63) is 54.0 Å². The first-order chi connectivity index (χ1) is 12.2. The van der Waals surface area contributed by atoms with E-state index >= 15 is 0 Å². The second-order valence-corrected chi connectivity index (χ2v) is 6.72. The van der Waals surface area contributed by atoms with E-state index in [4.69, 9.17) is 4.42 Å². The molecule has 0 aliphatic heterocycles. The number of unbranched alkanes of at least 4 members (excludes halogenated alkanes) is 1. The second kappa shape index (κ2) is 8.16. The first kappa shape index (κ1) is 17.5. The highest BCUT2D eigenvalue weighted by Gasteiger charge is 2.18. The minimum absolute atomic E-state index is 0.0942. The fourth-order valence-corrected chi connectivity index (χ4v) is 3.43. The molecule has 0 radical (unpaired) electrons. The average molecular weight is 355 g/mol. The lowest BCUT2D eigenvalue weighted by Gasteiger charge is -2.09. The number of Topliss-reactive ketones (excluding diaryl/α,β-unsaturated/α-hetero) is 1. The van der Waals surface area contributed by atoms with Gasteiger partial charge in [0.1, 0.15) is 5.76 Å². The molecule has 0 N–H and O–H groups in total. The molecule has 1 aromatic carbocycles. The van der Waals surface area contributed by atoms with Crippen LogP contribution in [-0.4, -0.2) is 26.3 Å². The summed E-state index contributed by atoms with van der Waals surface area (Å²) in [6.07, 6.45) is 3.77. The van der Waals surface area contributed by atoms with Gasteiger partial charge in [0.2, 0.25) is 0 Å². The molecule has 3 aromatic rings. The minimum Gasteiger partial charge on any atom is -0.469 e. The smallest absolute Gasteiger partial charge is 0.191 e. The van der Waals surface area contributed by atoms with Crippen molar-refractivity contribution in [2.24, 2.45) is 0 Å². The van der Waals surface area contributed by atoms with Crippen molar-refractivity contribution in [3.63, 3.8) is 0 Å². The van der Waals surface area contributed by atoms with Crippen LogP contribution in [0.5, 0.6) is 0 Å². The molecule has 6 heteroatoms. The van der Waals surface area contributed by atoms with E-state index < -0.39 is 0 Å². The van der Waals surface area contributed by atoms with Crippen LogP contribution in [0.2, 0.25) is 0 Å². The monoisotopic (exact) mass is 355 g/mol. The number of aryl methyl sites for hydroxylation is 1. The van der Waals surface area contributed by atoms with E-state index in [1.807, 2.05) is 43.3 Å². The number of hydrogen-bond donors (Lipinski definition) is 0. The van der Waals surface area contributed by atoms with Crippen LogP contribution in [0.4, 0.5) is 0 Å². The SMILES string of the molecule is CCCCn1c(SCC(=O)c2ccccc2)nnc1-c1ccoc1C. The van der Waals surface area contributed by atoms with E-state index in [2.05, 4.69) is 21.7 Å². The van der Waals surface area contributed by atoms with Gasteiger partial charge in [-0.3, -0.25) is 4.79 Å². The summed E-state index contributed by atoms with van der Waals surface area (Å²) in [6.45, 7) is 4.89. The Balaban J connectivity index is 1.80. The van der Waals surface area contributed by atoms with E-state index in [9.17, 15) is 4.79 Å². The van der Waals surface area contributed by atoms with Crippen molar-refractivity contribution in [3.8, 4) is 11.4 Å². The molecule has 0 fully saturated rings. The van der Waals surface area contributed by atoms with Crippen LogP contribution in [-0.2, 0) is 6.54 Å². The molecule has 0 spiro atoms. The third kappa shape index (κ3) is 4.02. The lowest BCUT2D eigenvalue weighted by Crippen LogP contribution is -2.06. The summed E-state index contributed by atoms with van der Waals surface area (Å²) < 4.78 is 7.49. The highest BCUT2D eigenvalue weighted by molar-refractivity contribution is 7.99. The van der Waals surface area contributed by atoms with Gasteiger partial charge in [0.25, 0.3) is 0 Å². The van der Waals surface area contributed by atoms with Gasteiger partial charge < -0.3 is 8.98 Å². The van der Waals surface area contributed by atoms with Crippen LogP contribution < -0.4 is 0 Å². The summed E-state index contributed by atoms with van der Waals surface area (Å²) in [4.78, 5) is 12.3. The molecule has 0 saturated carbocycles. The molecule has 3 rings (SSSR count). The van der Waals surface area contributed by atoms with E-state index in [1.165, 1.54) is 11.8 Å². The molecular weight excluding hydrogens is 334 g/mol. The van der Waals surface area contributed by atoms with Gasteiger partial charge in [-0.1, -0.05) is 55.4 Å². The lowest BCUT2D eigenvalue weighted by atomic mass is 10.2. The van der Waals surface area contributed by atoms with E-state index in [-0.39, 0.29) is 5.78 Å². The summed E-state index contributed by atoms with van der Waals surface area (Å²) in [5, 5.41) is 9.43. The number of benzene rings is 1. The number of nitrogens with zero attached hydrogens (tertiary/aromatic N) is 3. The predicted octanol–water partition coefficient (Wildman–Crippen LogP) is 4.62. The van der Waals surface area contributed by atoms with Gasteiger partial charge in [-0.2, -0.15) is 0 Å². The Labute approximate surface area is 151 Å². The number of ketones is 1. The average Bonchev–Trinajstić information content (AvgIpc) is 3.24. The third-order valence-electron chi connectivity index (χ3n) is 3.98. The maximum Gasteiger partial charge on any atom is 0.191 e. The number of thioether (sulfide) groups is 1. The molecule has 130 valence electrons. The lowest BCUT2D eigenvalue weighted by molar-refractivity contribution is 0.102. The number of carbonyl (C=O) groups is 1. The van der Waals surface area contributed by atoms with Gasteiger partial charge >= 0.3 is 0 Å². The summed E-state index contributed by atoms with van der Waals surface area (Å²) in [6, 6.07) is 11.2. The zero-order chi connectivity index (χ0) is 17.6.